The average Bonchev–Trinajstić information content (AvgIpc) is 2.83. The van der Waals surface area contributed by atoms with E-state index in [1.807, 2.05) is 0 Å². The summed E-state index contributed by atoms with van der Waals surface area (Å²) in [6.45, 7) is 0.820. The molecule has 1 aromatic carbocycles. The fourth-order valence-electron chi connectivity index (χ4n) is 1.72. The molecule has 0 aliphatic carbocycles. The number of nitrogens with zero attached hydrogens (tertiary/aromatic N) is 1. The normalized spacial score (nSPS) is 12.5. The van der Waals surface area contributed by atoms with E-state index < -0.39 is 4.92 Å². The zero-order valence-corrected chi connectivity index (χ0v) is 10.9. The Labute approximate surface area is 107 Å². The smallest absolute Gasteiger partial charge is 0.297 e. The third kappa shape index (κ3) is 2.63. The van der Waals surface area contributed by atoms with E-state index in [4.69, 9.17) is 4.94 Å². The number of hydrogen-bond donors (Lipinski definition) is 3. The van der Waals surface area contributed by atoms with Crippen molar-refractivity contribution in [1.29, 1.82) is 0 Å². The highest BCUT2D eigenvalue weighted by Gasteiger charge is 2.25. The van der Waals surface area contributed by atoms with E-state index in [2.05, 4.69) is 25.5 Å². The van der Waals surface area contributed by atoms with Gasteiger partial charge in [0.1, 0.15) is 5.69 Å². The van der Waals surface area contributed by atoms with Gasteiger partial charge in [-0.25, -0.2) is 11.0 Å². The summed E-state index contributed by atoms with van der Waals surface area (Å²) in [5, 5.41) is 14.1. The van der Waals surface area contributed by atoms with Crippen molar-refractivity contribution in [3.8, 4) is 0 Å². The molecule has 1 unspecified atom stereocenters. The van der Waals surface area contributed by atoms with Gasteiger partial charge < -0.3 is 5.32 Å². The minimum Gasteiger partial charge on any atom is -0.383 e. The molecule has 18 heavy (non-hydrogen) atoms. The molecule has 0 saturated carbocycles. The van der Waals surface area contributed by atoms with Gasteiger partial charge in [-0.15, -0.1) is 9.24 Å². The van der Waals surface area contributed by atoms with Gasteiger partial charge in [-0.3, -0.25) is 10.1 Å². The molecule has 0 bridgehead atoms. The van der Waals surface area contributed by atoms with Crippen molar-refractivity contribution < 1.29 is 9.86 Å². The molecule has 0 spiro atoms. The zero-order valence-electron chi connectivity index (χ0n) is 9.73. The SMILES string of the molecule is O=[N+]([O-])c1ccc(NCCCCP)c2c1NON2. The van der Waals surface area contributed by atoms with Crippen LogP contribution in [0.4, 0.5) is 22.7 Å². The molecule has 0 amide bonds. The number of nitro groups is 1. The third-order valence-electron chi connectivity index (χ3n) is 2.63. The van der Waals surface area contributed by atoms with Crippen LogP contribution < -0.4 is 16.3 Å². The number of nitrogens with one attached hydrogen (secondary N) is 3. The van der Waals surface area contributed by atoms with Gasteiger partial charge in [0.15, 0.2) is 5.69 Å². The summed E-state index contributed by atoms with van der Waals surface area (Å²) >= 11 is 0. The van der Waals surface area contributed by atoms with Gasteiger partial charge in [-0.05, 0) is 25.1 Å². The zero-order chi connectivity index (χ0) is 13.0. The van der Waals surface area contributed by atoms with Crippen molar-refractivity contribution >= 4 is 32.0 Å². The van der Waals surface area contributed by atoms with E-state index in [1.165, 1.54) is 6.07 Å². The molecule has 0 saturated heterocycles. The van der Waals surface area contributed by atoms with Crippen molar-refractivity contribution in [3.63, 3.8) is 0 Å². The maximum atomic E-state index is 10.8. The Morgan fingerprint density at radius 1 is 1.33 bits per heavy atom. The first-order valence-corrected chi connectivity index (χ1v) is 6.49. The van der Waals surface area contributed by atoms with Crippen molar-refractivity contribution in [2.45, 2.75) is 12.8 Å². The van der Waals surface area contributed by atoms with Gasteiger partial charge in [0, 0.05) is 12.6 Å². The molecule has 1 aromatic rings. The highest BCUT2D eigenvalue weighted by Crippen LogP contribution is 2.41. The Kier molecular flexibility index (Phi) is 4.17. The summed E-state index contributed by atoms with van der Waals surface area (Å²) in [4.78, 5) is 15.2. The van der Waals surface area contributed by atoms with Gasteiger partial charge in [0.2, 0.25) is 0 Å². The first-order chi connectivity index (χ1) is 8.74. The Morgan fingerprint density at radius 3 is 2.83 bits per heavy atom. The van der Waals surface area contributed by atoms with Crippen LogP contribution in [0.2, 0.25) is 0 Å². The molecular formula is C10H15N4O3P. The van der Waals surface area contributed by atoms with Crippen LogP contribution >= 0.6 is 9.24 Å². The van der Waals surface area contributed by atoms with E-state index in [0.717, 1.165) is 31.2 Å². The van der Waals surface area contributed by atoms with Gasteiger partial charge in [0.05, 0.1) is 10.6 Å². The number of nitro benzene ring substituents is 1. The predicted molar refractivity (Wildman–Crippen MR) is 73.7 cm³/mol. The standard InChI is InChI=1S/C10H15N4O3P/c15-14(16)8-4-3-7(11-5-1-2-6-18)9-10(8)13-17-12-9/h3-4,11-13H,1-2,5-6,18H2. The summed E-state index contributed by atoms with van der Waals surface area (Å²) in [7, 11) is 2.69. The summed E-state index contributed by atoms with van der Waals surface area (Å²) in [5.41, 5.74) is 6.84. The lowest BCUT2D eigenvalue weighted by atomic mass is 10.2. The fraction of sp³-hybridized carbons (Fsp3) is 0.400. The monoisotopic (exact) mass is 270 g/mol. The average molecular weight is 270 g/mol. The van der Waals surface area contributed by atoms with E-state index in [-0.39, 0.29) is 5.69 Å². The van der Waals surface area contributed by atoms with Crippen LogP contribution in [0.1, 0.15) is 12.8 Å². The summed E-state index contributed by atoms with van der Waals surface area (Å²) in [6, 6.07) is 3.14. The maximum Gasteiger partial charge on any atom is 0.297 e. The second kappa shape index (κ2) is 5.84. The van der Waals surface area contributed by atoms with Crippen LogP contribution in [0, 0.1) is 10.1 Å². The van der Waals surface area contributed by atoms with Crippen LogP contribution in [0.3, 0.4) is 0 Å². The number of benzene rings is 1. The molecule has 0 radical (unpaired) electrons. The van der Waals surface area contributed by atoms with E-state index in [9.17, 15) is 10.1 Å². The second-order valence-corrected chi connectivity index (χ2v) is 4.45. The summed E-state index contributed by atoms with van der Waals surface area (Å²) in [5.74, 6) is 0. The van der Waals surface area contributed by atoms with Crippen LogP contribution in [0.5, 0.6) is 0 Å². The highest BCUT2D eigenvalue weighted by atomic mass is 31.0. The fourth-order valence-corrected chi connectivity index (χ4v) is 2.01. The lowest BCUT2D eigenvalue weighted by Gasteiger charge is -2.09. The first-order valence-electron chi connectivity index (χ1n) is 5.67. The van der Waals surface area contributed by atoms with Crippen molar-refractivity contribution in [3.05, 3.63) is 22.2 Å². The lowest BCUT2D eigenvalue weighted by Crippen LogP contribution is -2.04. The van der Waals surface area contributed by atoms with Gasteiger partial charge >= 0.3 is 0 Å². The topological polar surface area (TPSA) is 88.5 Å². The first kappa shape index (κ1) is 12.9. The summed E-state index contributed by atoms with van der Waals surface area (Å²) in [6.07, 6.45) is 3.24. The summed E-state index contributed by atoms with van der Waals surface area (Å²) < 4.78 is 0. The Balaban J connectivity index is 2.13. The number of fused-ring (bicyclic) bond motifs is 1. The molecule has 0 aromatic heterocycles. The lowest BCUT2D eigenvalue weighted by molar-refractivity contribution is -0.384. The minimum absolute atomic E-state index is 0.00879. The highest BCUT2D eigenvalue weighted by molar-refractivity contribution is 7.16. The quantitative estimate of drug-likeness (QED) is 0.318. The van der Waals surface area contributed by atoms with Crippen molar-refractivity contribution in [2.24, 2.45) is 0 Å². The molecular weight excluding hydrogens is 255 g/mol. The molecule has 0 fully saturated rings. The van der Waals surface area contributed by atoms with Gasteiger partial charge in [-0.1, -0.05) is 0 Å². The number of rotatable bonds is 6. The predicted octanol–water partition coefficient (Wildman–Crippen LogP) is 2.35. The van der Waals surface area contributed by atoms with E-state index in [1.54, 1.807) is 6.07 Å². The largest absolute Gasteiger partial charge is 0.383 e. The van der Waals surface area contributed by atoms with Gasteiger partial charge in [0.25, 0.3) is 5.69 Å². The van der Waals surface area contributed by atoms with E-state index >= 15 is 0 Å². The number of anilines is 3. The molecule has 1 heterocycles. The molecule has 1 aliphatic rings. The Bertz CT molecular complexity index is 455. The Morgan fingerprint density at radius 2 is 2.11 bits per heavy atom. The van der Waals surface area contributed by atoms with Crippen molar-refractivity contribution in [1.82, 2.24) is 0 Å². The van der Waals surface area contributed by atoms with E-state index in [0.29, 0.717) is 11.4 Å². The molecule has 98 valence electrons. The van der Waals surface area contributed by atoms with Crippen LogP contribution in [0.15, 0.2) is 12.1 Å². The molecule has 7 nitrogen and oxygen atoms in total. The minimum atomic E-state index is -0.444. The second-order valence-electron chi connectivity index (χ2n) is 3.87. The molecule has 1 atom stereocenters. The van der Waals surface area contributed by atoms with Gasteiger partial charge in [-0.2, -0.15) is 4.94 Å². The Hall–Kier alpha value is -1.59. The molecule has 1 aliphatic heterocycles. The third-order valence-corrected chi connectivity index (χ3v) is 3.04. The molecule has 8 heteroatoms. The van der Waals surface area contributed by atoms with Crippen LogP contribution in [-0.4, -0.2) is 17.6 Å². The van der Waals surface area contributed by atoms with Crippen molar-refractivity contribution in [2.75, 3.05) is 29.0 Å². The van der Waals surface area contributed by atoms with Crippen LogP contribution in [-0.2, 0) is 4.94 Å². The molecule has 2 rings (SSSR count). The molecule has 3 N–H and O–H groups in total. The number of unbranched alkanes of at least 4 members (excludes halogenated alkanes) is 1. The maximum absolute atomic E-state index is 10.8. The van der Waals surface area contributed by atoms with Crippen LogP contribution in [0.25, 0.3) is 0 Å². The number of hydrogen-bond acceptors (Lipinski definition) is 6.